The van der Waals surface area contributed by atoms with Crippen molar-refractivity contribution in [3.05, 3.63) is 22.3 Å². The summed E-state index contributed by atoms with van der Waals surface area (Å²) in [6, 6.07) is 1.64. The number of aliphatic hydroxyl groups excluding tert-OH is 1. The van der Waals surface area contributed by atoms with Gasteiger partial charge in [0.25, 0.3) is 5.91 Å². The number of carbonyl (C=O) groups excluding carboxylic acids is 1. The topological polar surface area (TPSA) is 91.5 Å². The lowest BCUT2D eigenvalue weighted by molar-refractivity contribution is 0.0732. The maximum absolute atomic E-state index is 12.2. The first-order valence-corrected chi connectivity index (χ1v) is 5.95. The molecule has 17 heavy (non-hydrogen) atoms. The highest BCUT2D eigenvalue weighted by Crippen LogP contribution is 2.19. The van der Waals surface area contributed by atoms with E-state index < -0.39 is 0 Å². The van der Waals surface area contributed by atoms with E-state index in [1.54, 1.807) is 12.3 Å². The normalized spacial score (nSPS) is 10.1. The van der Waals surface area contributed by atoms with Gasteiger partial charge >= 0.3 is 0 Å². The number of halogens is 1. The lowest BCUT2D eigenvalue weighted by Gasteiger charge is -2.20. The summed E-state index contributed by atoms with van der Waals surface area (Å²) in [5, 5.41) is 8.89. The Kier molecular flexibility index (Phi) is 5.33. The summed E-state index contributed by atoms with van der Waals surface area (Å²) in [4.78, 5) is 17.7. The van der Waals surface area contributed by atoms with E-state index in [2.05, 4.69) is 26.3 Å². The maximum atomic E-state index is 12.2. The number of likely N-dealkylation sites (N-methyl/N-ethyl adjacent to an activating group) is 1. The van der Waals surface area contributed by atoms with Crippen molar-refractivity contribution < 1.29 is 9.90 Å². The van der Waals surface area contributed by atoms with Crippen LogP contribution in [0.3, 0.4) is 0 Å². The Morgan fingerprint density at radius 1 is 1.71 bits per heavy atom. The van der Waals surface area contributed by atoms with E-state index in [1.807, 2.05) is 6.92 Å². The maximum Gasteiger partial charge on any atom is 0.257 e. The Morgan fingerprint density at radius 2 is 2.41 bits per heavy atom. The summed E-state index contributed by atoms with van der Waals surface area (Å²) < 4.78 is 0.694. The predicted octanol–water partition coefficient (Wildman–Crippen LogP) is 0.584. The molecule has 7 heteroatoms. The average molecular weight is 303 g/mol. The van der Waals surface area contributed by atoms with Crippen LogP contribution in [0.25, 0.3) is 0 Å². The molecule has 0 aliphatic heterocycles. The van der Waals surface area contributed by atoms with Crippen molar-refractivity contribution in [2.45, 2.75) is 6.92 Å². The fraction of sp³-hybridized carbons (Fsp3) is 0.400. The van der Waals surface area contributed by atoms with Gasteiger partial charge in [-0.1, -0.05) is 0 Å². The molecule has 0 saturated carbocycles. The zero-order chi connectivity index (χ0) is 12.8. The van der Waals surface area contributed by atoms with Gasteiger partial charge in [-0.3, -0.25) is 4.79 Å². The van der Waals surface area contributed by atoms with Crippen molar-refractivity contribution in [2.24, 2.45) is 5.84 Å². The number of carbonyl (C=O) groups is 1. The zero-order valence-corrected chi connectivity index (χ0v) is 11.1. The van der Waals surface area contributed by atoms with E-state index in [1.165, 1.54) is 4.90 Å². The van der Waals surface area contributed by atoms with Gasteiger partial charge < -0.3 is 15.4 Å². The summed E-state index contributed by atoms with van der Waals surface area (Å²) in [5.74, 6) is 5.40. The monoisotopic (exact) mass is 302 g/mol. The number of hydrogen-bond acceptors (Lipinski definition) is 5. The van der Waals surface area contributed by atoms with Crippen molar-refractivity contribution in [2.75, 3.05) is 25.1 Å². The van der Waals surface area contributed by atoms with Crippen molar-refractivity contribution >= 4 is 27.7 Å². The van der Waals surface area contributed by atoms with E-state index in [0.29, 0.717) is 22.4 Å². The minimum absolute atomic E-state index is 0.0770. The number of rotatable bonds is 5. The third-order valence-electron chi connectivity index (χ3n) is 2.26. The van der Waals surface area contributed by atoms with E-state index >= 15 is 0 Å². The van der Waals surface area contributed by atoms with E-state index in [-0.39, 0.29) is 19.1 Å². The van der Waals surface area contributed by atoms with Gasteiger partial charge in [-0.2, -0.15) is 0 Å². The first-order valence-electron chi connectivity index (χ1n) is 5.16. The Morgan fingerprint density at radius 3 is 2.94 bits per heavy atom. The average Bonchev–Trinajstić information content (AvgIpc) is 2.35. The predicted molar refractivity (Wildman–Crippen MR) is 68.4 cm³/mol. The molecule has 0 aromatic carbocycles. The summed E-state index contributed by atoms with van der Waals surface area (Å²) in [5.41, 5.74) is 2.76. The number of pyridine rings is 1. The molecule has 0 aliphatic rings. The van der Waals surface area contributed by atoms with Gasteiger partial charge in [0.05, 0.1) is 12.2 Å². The SMILES string of the molecule is CCN(CCO)C(=O)c1cc(Br)cnc1NN. The Balaban J connectivity index is 3.04. The Bertz CT molecular complexity index is 400. The van der Waals surface area contributed by atoms with Crippen LogP contribution in [0.1, 0.15) is 17.3 Å². The Hall–Kier alpha value is -1.18. The van der Waals surface area contributed by atoms with E-state index in [4.69, 9.17) is 10.9 Å². The van der Waals surface area contributed by atoms with Crippen LogP contribution in [-0.4, -0.2) is 40.6 Å². The van der Waals surface area contributed by atoms with Crippen LogP contribution >= 0.6 is 15.9 Å². The van der Waals surface area contributed by atoms with E-state index in [9.17, 15) is 4.79 Å². The molecule has 1 heterocycles. The van der Waals surface area contributed by atoms with Crippen LogP contribution in [0.5, 0.6) is 0 Å². The summed E-state index contributed by atoms with van der Waals surface area (Å²) in [7, 11) is 0. The molecule has 94 valence electrons. The molecule has 0 aliphatic carbocycles. The summed E-state index contributed by atoms with van der Waals surface area (Å²) in [6.45, 7) is 2.56. The highest BCUT2D eigenvalue weighted by atomic mass is 79.9. The quantitative estimate of drug-likeness (QED) is 0.547. The minimum Gasteiger partial charge on any atom is -0.395 e. The highest BCUT2D eigenvalue weighted by Gasteiger charge is 2.18. The molecule has 6 nitrogen and oxygen atoms in total. The lowest BCUT2D eigenvalue weighted by Crippen LogP contribution is -2.34. The molecular formula is C10H15BrN4O2. The molecule has 0 spiro atoms. The van der Waals surface area contributed by atoms with Crippen molar-refractivity contribution in [1.29, 1.82) is 0 Å². The molecule has 1 amide bonds. The molecule has 0 atom stereocenters. The number of nitrogens with zero attached hydrogens (tertiary/aromatic N) is 2. The van der Waals surface area contributed by atoms with Gasteiger partial charge in [0.2, 0.25) is 0 Å². The van der Waals surface area contributed by atoms with Gasteiger partial charge in [0.15, 0.2) is 5.82 Å². The van der Waals surface area contributed by atoms with E-state index in [0.717, 1.165) is 0 Å². The second-order valence-corrected chi connectivity index (χ2v) is 4.22. The zero-order valence-electron chi connectivity index (χ0n) is 9.48. The third kappa shape index (κ3) is 3.39. The number of hydrazine groups is 1. The van der Waals surface area contributed by atoms with Gasteiger partial charge in [0, 0.05) is 23.8 Å². The first kappa shape index (κ1) is 13.9. The Labute approximate surface area is 108 Å². The van der Waals surface area contributed by atoms with Crippen LogP contribution in [-0.2, 0) is 0 Å². The summed E-state index contributed by atoms with van der Waals surface area (Å²) in [6.07, 6.45) is 1.55. The van der Waals surface area contributed by atoms with Crippen LogP contribution in [0.4, 0.5) is 5.82 Å². The lowest BCUT2D eigenvalue weighted by atomic mass is 10.2. The number of hydrogen-bond donors (Lipinski definition) is 3. The fourth-order valence-electron chi connectivity index (χ4n) is 1.41. The minimum atomic E-state index is -0.219. The van der Waals surface area contributed by atoms with Crippen LogP contribution < -0.4 is 11.3 Å². The number of nitrogens with two attached hydrogens (primary N) is 1. The molecule has 1 rings (SSSR count). The largest absolute Gasteiger partial charge is 0.395 e. The van der Waals surface area contributed by atoms with Crippen LogP contribution in [0.2, 0.25) is 0 Å². The second-order valence-electron chi connectivity index (χ2n) is 3.30. The van der Waals surface area contributed by atoms with Crippen LogP contribution in [0.15, 0.2) is 16.7 Å². The second kappa shape index (κ2) is 6.53. The molecule has 1 aromatic rings. The van der Waals surface area contributed by atoms with Gasteiger partial charge in [-0.05, 0) is 28.9 Å². The van der Waals surface area contributed by atoms with Crippen molar-refractivity contribution in [1.82, 2.24) is 9.88 Å². The summed E-state index contributed by atoms with van der Waals surface area (Å²) >= 11 is 3.25. The first-order chi connectivity index (χ1) is 8.13. The number of nitrogens with one attached hydrogen (secondary N) is 1. The number of amides is 1. The smallest absolute Gasteiger partial charge is 0.257 e. The van der Waals surface area contributed by atoms with Crippen molar-refractivity contribution in [3.8, 4) is 0 Å². The van der Waals surface area contributed by atoms with Crippen molar-refractivity contribution in [3.63, 3.8) is 0 Å². The molecule has 0 bridgehead atoms. The number of anilines is 1. The molecule has 0 fully saturated rings. The van der Waals surface area contributed by atoms with Gasteiger partial charge in [-0.15, -0.1) is 0 Å². The number of nitrogen functional groups attached to an aromatic ring is 1. The third-order valence-corrected chi connectivity index (χ3v) is 2.69. The molecule has 0 radical (unpaired) electrons. The standard InChI is InChI=1S/C10H15BrN4O2/c1-2-15(3-4-16)10(17)8-5-7(11)6-13-9(8)14-12/h5-6,16H,2-4,12H2,1H3,(H,13,14). The van der Waals surface area contributed by atoms with Gasteiger partial charge in [-0.25, -0.2) is 10.8 Å². The molecule has 0 unspecified atom stereocenters. The highest BCUT2D eigenvalue weighted by molar-refractivity contribution is 9.10. The number of aromatic nitrogens is 1. The van der Waals surface area contributed by atoms with Gasteiger partial charge in [0.1, 0.15) is 0 Å². The fourth-order valence-corrected chi connectivity index (χ4v) is 1.74. The molecule has 4 N–H and O–H groups in total. The number of aliphatic hydroxyl groups is 1. The molecular weight excluding hydrogens is 288 g/mol. The molecule has 0 saturated heterocycles. The van der Waals surface area contributed by atoms with Crippen LogP contribution in [0, 0.1) is 0 Å². The molecule has 1 aromatic heterocycles.